The van der Waals surface area contributed by atoms with Gasteiger partial charge in [0.05, 0.1) is 11.2 Å². The van der Waals surface area contributed by atoms with E-state index in [1.54, 1.807) is 36.5 Å². The Bertz CT molecular complexity index is 2240. The number of nitrogens with zero attached hydrogens (tertiary/aromatic N) is 4. The Hall–Kier alpha value is -5.55. The summed E-state index contributed by atoms with van der Waals surface area (Å²) in [7, 11) is 0. The third-order valence-electron chi connectivity index (χ3n) is 8.61. The second kappa shape index (κ2) is 11.4. The second-order valence-corrected chi connectivity index (χ2v) is 11.4. The third kappa shape index (κ3) is 4.76. The van der Waals surface area contributed by atoms with E-state index < -0.39 is 26.1 Å². The smallest absolute Gasteiger partial charge is 0.422 e. The van der Waals surface area contributed by atoms with Crippen molar-refractivity contribution in [3.63, 3.8) is 0 Å². The molecule has 0 radical (unpaired) electrons. The molecule has 7 heteroatoms. The monoisotopic (exact) mass is 600 g/mol. The van der Waals surface area contributed by atoms with E-state index in [0.717, 1.165) is 16.8 Å². The summed E-state index contributed by atoms with van der Waals surface area (Å²) in [5.74, 6) is 2.72. The number of anilines is 2. The Labute approximate surface area is 279 Å². The van der Waals surface area contributed by atoms with Crippen LogP contribution >= 0.6 is 0 Å². The number of para-hydroxylation sites is 4. The molecule has 5 aromatic carbocycles. The van der Waals surface area contributed by atoms with Gasteiger partial charge in [-0.15, -0.1) is 0 Å². The van der Waals surface area contributed by atoms with E-state index in [0.29, 0.717) is 11.2 Å². The maximum Gasteiger partial charge on any atom is 0.422 e. The van der Waals surface area contributed by atoms with Gasteiger partial charge in [-0.3, -0.25) is 0 Å². The number of ether oxygens (including phenoxy) is 1. The zero-order chi connectivity index (χ0) is 36.1. The Morgan fingerprint density at radius 3 is 2.13 bits per heavy atom. The SMILES string of the molecule is [2H]C([2H])([2H])C1(C([2H])([2H])[2H])c2ccccc2Oc2c(-c3nccc(B4N(c5ccccc5)C=CB(c5ccccc5)N4c4ccccc4)n3)cccc21. The maximum atomic E-state index is 8.70. The molecule has 5 nitrogen and oxygen atoms in total. The average Bonchev–Trinajstić information content (AvgIpc) is 3.16. The van der Waals surface area contributed by atoms with Gasteiger partial charge in [0.1, 0.15) is 11.5 Å². The van der Waals surface area contributed by atoms with Gasteiger partial charge in [0, 0.05) is 42.3 Å². The van der Waals surface area contributed by atoms with Crippen molar-refractivity contribution in [2.24, 2.45) is 0 Å². The van der Waals surface area contributed by atoms with E-state index in [4.69, 9.17) is 17.9 Å². The summed E-state index contributed by atoms with van der Waals surface area (Å²) in [5.41, 5.74) is 1.85. The highest BCUT2D eigenvalue weighted by molar-refractivity contribution is 6.99. The molecule has 0 bridgehead atoms. The molecule has 0 saturated heterocycles. The van der Waals surface area contributed by atoms with E-state index in [1.165, 1.54) is 12.1 Å². The lowest BCUT2D eigenvalue weighted by Gasteiger charge is -2.44. The van der Waals surface area contributed by atoms with Crippen LogP contribution in [0.25, 0.3) is 11.4 Å². The highest BCUT2D eigenvalue weighted by atomic mass is 16.5. The van der Waals surface area contributed by atoms with Crippen LogP contribution in [0.2, 0.25) is 0 Å². The predicted octanol–water partition coefficient (Wildman–Crippen LogP) is 7.25. The van der Waals surface area contributed by atoms with Crippen LogP contribution in [0, 0.1) is 0 Å². The maximum absolute atomic E-state index is 8.70. The van der Waals surface area contributed by atoms with Crippen LogP contribution < -0.4 is 25.3 Å². The lowest BCUT2D eigenvalue weighted by Crippen LogP contribution is -2.69. The fraction of sp³-hybridized carbons (Fsp3) is 0.0769. The quantitative estimate of drug-likeness (QED) is 0.195. The van der Waals surface area contributed by atoms with Crippen molar-refractivity contribution in [1.82, 2.24) is 9.97 Å². The van der Waals surface area contributed by atoms with E-state index in [1.807, 2.05) is 72.8 Å². The van der Waals surface area contributed by atoms with E-state index in [2.05, 4.69) is 51.0 Å². The molecule has 0 aliphatic carbocycles. The summed E-state index contributed by atoms with van der Waals surface area (Å²) in [6.45, 7) is -6.54. The number of benzene rings is 5. The average molecular weight is 600 g/mol. The molecule has 3 heterocycles. The third-order valence-corrected chi connectivity index (χ3v) is 8.61. The molecule has 0 spiro atoms. The van der Waals surface area contributed by atoms with Crippen LogP contribution in [0.3, 0.4) is 0 Å². The lowest BCUT2D eigenvalue weighted by atomic mass is 9.44. The summed E-state index contributed by atoms with van der Waals surface area (Å²) in [6, 6.07) is 43.8. The fourth-order valence-electron chi connectivity index (χ4n) is 6.46. The first kappa shape index (κ1) is 22.0. The summed E-state index contributed by atoms with van der Waals surface area (Å²) in [5, 5.41) is 0. The number of fused-ring (bicyclic) bond motifs is 2. The molecule has 46 heavy (non-hydrogen) atoms. The minimum atomic E-state index is -2.96. The van der Waals surface area contributed by atoms with Gasteiger partial charge < -0.3 is 14.3 Å². The van der Waals surface area contributed by atoms with Crippen LogP contribution in [0.15, 0.2) is 158 Å². The molecule has 8 rings (SSSR count). The molecule has 0 atom stereocenters. The molecular formula is C39H32B2N4O. The van der Waals surface area contributed by atoms with Crippen molar-refractivity contribution in [1.29, 1.82) is 0 Å². The number of aromatic nitrogens is 2. The summed E-state index contributed by atoms with van der Waals surface area (Å²) in [4.78, 5) is 12.0. The topological polar surface area (TPSA) is 41.5 Å². The molecule has 220 valence electrons. The van der Waals surface area contributed by atoms with Gasteiger partial charge in [-0.05, 0) is 48.7 Å². The summed E-state index contributed by atoms with van der Waals surface area (Å²) in [6.07, 6.45) is 3.77. The molecule has 0 N–H and O–H groups in total. The van der Waals surface area contributed by atoms with Gasteiger partial charge in [-0.25, -0.2) is 9.97 Å². The Kier molecular flexibility index (Phi) is 5.47. The summed E-state index contributed by atoms with van der Waals surface area (Å²) < 4.78 is 61.0. The second-order valence-electron chi connectivity index (χ2n) is 11.4. The van der Waals surface area contributed by atoms with Gasteiger partial charge in [0.15, 0.2) is 5.82 Å². The van der Waals surface area contributed by atoms with Crippen molar-refractivity contribution in [3.05, 3.63) is 169 Å². The first-order chi connectivity index (χ1) is 25.1. The molecule has 0 fully saturated rings. The molecule has 0 unspecified atom stereocenters. The molecule has 0 amide bonds. The first-order valence-corrected chi connectivity index (χ1v) is 15.2. The summed E-state index contributed by atoms with van der Waals surface area (Å²) >= 11 is 0. The molecule has 0 saturated carbocycles. The van der Waals surface area contributed by atoms with Gasteiger partial charge in [-0.1, -0.05) is 122 Å². The van der Waals surface area contributed by atoms with Gasteiger partial charge in [-0.2, -0.15) is 0 Å². The minimum absolute atomic E-state index is 0.0410. The van der Waals surface area contributed by atoms with Crippen molar-refractivity contribution < 1.29 is 13.0 Å². The largest absolute Gasteiger partial charge is 0.456 e. The molecule has 1 aromatic heterocycles. The Morgan fingerprint density at radius 1 is 0.696 bits per heavy atom. The van der Waals surface area contributed by atoms with Gasteiger partial charge in [0.2, 0.25) is 0 Å². The van der Waals surface area contributed by atoms with Crippen LogP contribution in [0.5, 0.6) is 11.5 Å². The molecule has 6 aromatic rings. The van der Waals surface area contributed by atoms with E-state index >= 15 is 0 Å². The lowest BCUT2D eigenvalue weighted by molar-refractivity contribution is 0.419. The standard InChI is InChI=1S/C39H32B2N4O/c1-39(2)33-22-12-13-24-35(33)46-37-32(21-14-23-34(37)39)38-42-27-25-36(43-38)41-44(30-17-8-4-9-18-30)28-26-40(29-15-6-3-7-16-29)45(41)31-19-10-5-11-20-31/h3-28H,1-2H3/i1D3,2D3. The highest BCUT2D eigenvalue weighted by Gasteiger charge is 2.43. The highest BCUT2D eigenvalue weighted by Crippen LogP contribution is 2.50. The van der Waals surface area contributed by atoms with Crippen molar-refractivity contribution in [2.75, 3.05) is 9.53 Å². The van der Waals surface area contributed by atoms with E-state index in [-0.39, 0.29) is 35.3 Å². The van der Waals surface area contributed by atoms with Crippen LogP contribution in [0.1, 0.15) is 33.1 Å². The number of rotatable bonds is 5. The molecular weight excluding hydrogens is 562 g/mol. The van der Waals surface area contributed by atoms with Gasteiger partial charge >= 0.3 is 13.8 Å². The van der Waals surface area contributed by atoms with Gasteiger partial charge in [0.25, 0.3) is 0 Å². The number of hydrogen-bond acceptors (Lipinski definition) is 5. The minimum Gasteiger partial charge on any atom is -0.456 e. The van der Waals surface area contributed by atoms with E-state index in [9.17, 15) is 0 Å². The van der Waals surface area contributed by atoms with Crippen molar-refractivity contribution in [2.45, 2.75) is 19.1 Å². The Balaban J connectivity index is 1.34. The first-order valence-electron chi connectivity index (χ1n) is 18.2. The zero-order valence-corrected chi connectivity index (χ0v) is 24.9. The predicted molar refractivity (Wildman–Crippen MR) is 190 cm³/mol. The molecule has 2 aliphatic rings. The number of hydrogen-bond donors (Lipinski definition) is 0. The zero-order valence-electron chi connectivity index (χ0n) is 30.9. The fourth-order valence-corrected chi connectivity index (χ4v) is 6.46. The van der Waals surface area contributed by atoms with Crippen molar-refractivity contribution >= 4 is 36.3 Å². The van der Waals surface area contributed by atoms with Crippen LogP contribution in [-0.4, -0.2) is 23.8 Å². The Morgan fingerprint density at radius 2 is 1.37 bits per heavy atom. The van der Waals surface area contributed by atoms with Crippen molar-refractivity contribution in [3.8, 4) is 22.9 Å². The van der Waals surface area contributed by atoms with Crippen LogP contribution in [0.4, 0.5) is 11.4 Å². The normalized spacial score (nSPS) is 17.3. The van der Waals surface area contributed by atoms with Crippen LogP contribution in [-0.2, 0) is 5.41 Å². The molecule has 2 aliphatic heterocycles.